The summed E-state index contributed by atoms with van der Waals surface area (Å²) in [5, 5.41) is 1.67. The van der Waals surface area contributed by atoms with E-state index in [9.17, 15) is 0 Å². The van der Waals surface area contributed by atoms with Crippen molar-refractivity contribution < 1.29 is 4.74 Å². The van der Waals surface area contributed by atoms with Gasteiger partial charge < -0.3 is 10.5 Å². The Morgan fingerprint density at radius 3 is 2.65 bits per heavy atom. The van der Waals surface area contributed by atoms with Gasteiger partial charge in [0.15, 0.2) is 5.17 Å². The van der Waals surface area contributed by atoms with E-state index in [4.69, 9.17) is 33.7 Å². The summed E-state index contributed by atoms with van der Waals surface area (Å²) in [5.74, 6) is 1.33. The number of halogens is 2. The second-order valence-corrected chi connectivity index (χ2v) is 6.69. The average molecular weight is 369 g/mol. The minimum absolute atomic E-state index is 0.501. The van der Waals surface area contributed by atoms with E-state index in [1.807, 2.05) is 18.2 Å². The minimum Gasteiger partial charge on any atom is -0.491 e. The van der Waals surface area contributed by atoms with Crippen LogP contribution in [0.4, 0.5) is 0 Å². The Balaban J connectivity index is 1.66. The van der Waals surface area contributed by atoms with Crippen molar-refractivity contribution in [2.24, 2.45) is 10.7 Å². The Morgan fingerprint density at radius 1 is 1.13 bits per heavy atom. The molecule has 0 amide bonds. The molecule has 0 unspecified atom stereocenters. The maximum Gasteiger partial charge on any atom is 0.154 e. The van der Waals surface area contributed by atoms with Gasteiger partial charge in [-0.05, 0) is 30.2 Å². The van der Waals surface area contributed by atoms with E-state index in [-0.39, 0.29) is 0 Å². The van der Waals surface area contributed by atoms with Crippen LogP contribution < -0.4 is 10.5 Å². The van der Waals surface area contributed by atoms with Crippen LogP contribution in [0.5, 0.6) is 5.75 Å². The summed E-state index contributed by atoms with van der Waals surface area (Å²) in [6, 6.07) is 15.4. The van der Waals surface area contributed by atoms with Gasteiger partial charge in [0.1, 0.15) is 5.75 Å². The van der Waals surface area contributed by atoms with Gasteiger partial charge in [0.25, 0.3) is 0 Å². The van der Waals surface area contributed by atoms with Gasteiger partial charge in [0, 0.05) is 17.3 Å². The number of ether oxygens (including phenoxy) is 1. The number of thioether (sulfide) groups is 1. The maximum atomic E-state index is 6.03. The summed E-state index contributed by atoms with van der Waals surface area (Å²) in [6.07, 6.45) is 0.888. The van der Waals surface area contributed by atoms with Gasteiger partial charge in [-0.2, -0.15) is 0 Å². The van der Waals surface area contributed by atoms with Crippen LogP contribution in [0, 0.1) is 0 Å². The zero-order chi connectivity index (χ0) is 16.5. The predicted octanol–water partition coefficient (Wildman–Crippen LogP) is 4.66. The standard InChI is InChI=1S/C17H18Cl2N2OS/c18-14-6-7-16(15(19)12-14)22-10-11-23-17(20)21-9-8-13-4-2-1-3-5-13/h1-7,12H,8-11H2,(H2,20,21). The van der Waals surface area contributed by atoms with Crippen molar-refractivity contribution >= 4 is 40.1 Å². The SMILES string of the molecule is NC(=NCCc1ccccc1)SCCOc1ccc(Cl)cc1Cl. The monoisotopic (exact) mass is 368 g/mol. The van der Waals surface area contributed by atoms with Crippen molar-refractivity contribution in [2.45, 2.75) is 6.42 Å². The quantitative estimate of drug-likeness (QED) is 0.439. The molecule has 0 aliphatic carbocycles. The zero-order valence-corrected chi connectivity index (χ0v) is 14.9. The average Bonchev–Trinajstić information content (AvgIpc) is 2.54. The lowest BCUT2D eigenvalue weighted by Crippen LogP contribution is -2.11. The van der Waals surface area contributed by atoms with Gasteiger partial charge in [-0.15, -0.1) is 0 Å². The summed E-state index contributed by atoms with van der Waals surface area (Å²) in [7, 11) is 0. The van der Waals surface area contributed by atoms with E-state index in [1.54, 1.807) is 18.2 Å². The molecule has 2 N–H and O–H groups in total. The molecule has 0 heterocycles. The lowest BCUT2D eigenvalue weighted by Gasteiger charge is -2.08. The summed E-state index contributed by atoms with van der Waals surface area (Å²) in [6.45, 7) is 1.19. The highest BCUT2D eigenvalue weighted by molar-refractivity contribution is 8.13. The van der Waals surface area contributed by atoms with Gasteiger partial charge in [-0.25, -0.2) is 0 Å². The van der Waals surface area contributed by atoms with E-state index in [2.05, 4.69) is 17.1 Å². The molecule has 0 spiro atoms. The molecule has 0 fully saturated rings. The van der Waals surface area contributed by atoms with Crippen molar-refractivity contribution in [1.82, 2.24) is 0 Å². The number of nitrogens with zero attached hydrogens (tertiary/aromatic N) is 1. The van der Waals surface area contributed by atoms with E-state index < -0.39 is 0 Å². The van der Waals surface area contributed by atoms with Gasteiger partial charge in [-0.3, -0.25) is 4.99 Å². The molecular formula is C17H18Cl2N2OS. The summed E-state index contributed by atoms with van der Waals surface area (Å²) < 4.78 is 5.59. The normalized spacial score (nSPS) is 11.5. The highest BCUT2D eigenvalue weighted by Crippen LogP contribution is 2.27. The van der Waals surface area contributed by atoms with Crippen molar-refractivity contribution in [3.63, 3.8) is 0 Å². The molecule has 0 aliphatic heterocycles. The molecule has 122 valence electrons. The first-order chi connectivity index (χ1) is 11.1. The lowest BCUT2D eigenvalue weighted by molar-refractivity contribution is 0.344. The smallest absolute Gasteiger partial charge is 0.154 e. The van der Waals surface area contributed by atoms with Crippen LogP contribution in [-0.2, 0) is 6.42 Å². The third kappa shape index (κ3) is 6.73. The number of rotatable bonds is 7. The topological polar surface area (TPSA) is 47.6 Å². The van der Waals surface area contributed by atoms with Crippen LogP contribution in [0.3, 0.4) is 0 Å². The number of hydrogen-bond donors (Lipinski definition) is 1. The van der Waals surface area contributed by atoms with E-state index >= 15 is 0 Å². The fourth-order valence-corrected chi connectivity index (χ4v) is 2.90. The second kappa shape index (κ2) is 9.71. The van der Waals surface area contributed by atoms with E-state index in [0.29, 0.717) is 39.9 Å². The van der Waals surface area contributed by atoms with Crippen molar-refractivity contribution in [3.05, 3.63) is 64.1 Å². The van der Waals surface area contributed by atoms with Crippen LogP contribution in [-0.4, -0.2) is 24.1 Å². The number of hydrogen-bond acceptors (Lipinski definition) is 3. The molecule has 0 saturated carbocycles. The van der Waals surface area contributed by atoms with Gasteiger partial charge in [0.05, 0.1) is 11.6 Å². The third-order valence-corrected chi connectivity index (χ3v) is 4.32. The molecule has 0 aliphatic rings. The van der Waals surface area contributed by atoms with Crippen molar-refractivity contribution in [2.75, 3.05) is 18.9 Å². The van der Waals surface area contributed by atoms with E-state index in [1.165, 1.54) is 17.3 Å². The largest absolute Gasteiger partial charge is 0.491 e. The summed E-state index contributed by atoms with van der Waals surface area (Å²) in [4.78, 5) is 4.35. The first-order valence-corrected chi connectivity index (χ1v) is 8.94. The molecule has 0 radical (unpaired) electrons. The molecule has 23 heavy (non-hydrogen) atoms. The van der Waals surface area contributed by atoms with Gasteiger partial charge in [0.2, 0.25) is 0 Å². The molecule has 0 aromatic heterocycles. The molecule has 3 nitrogen and oxygen atoms in total. The Labute approximate surface area is 150 Å². The molecule has 0 saturated heterocycles. The fraction of sp³-hybridized carbons (Fsp3) is 0.235. The number of nitrogens with two attached hydrogens (primary N) is 1. The molecule has 2 aromatic rings. The molecular weight excluding hydrogens is 351 g/mol. The lowest BCUT2D eigenvalue weighted by atomic mass is 10.2. The number of benzene rings is 2. The van der Waals surface area contributed by atoms with E-state index in [0.717, 1.165) is 6.42 Å². The van der Waals surface area contributed by atoms with Crippen LogP contribution in [0.1, 0.15) is 5.56 Å². The van der Waals surface area contributed by atoms with Crippen molar-refractivity contribution in [1.29, 1.82) is 0 Å². The Hall–Kier alpha value is -1.36. The Kier molecular flexibility index (Phi) is 7.59. The Morgan fingerprint density at radius 2 is 1.91 bits per heavy atom. The molecule has 6 heteroatoms. The minimum atomic E-state index is 0.501. The summed E-state index contributed by atoms with van der Waals surface area (Å²) in [5.41, 5.74) is 7.14. The highest BCUT2D eigenvalue weighted by Gasteiger charge is 2.02. The highest BCUT2D eigenvalue weighted by atomic mass is 35.5. The van der Waals surface area contributed by atoms with Crippen LogP contribution in [0.25, 0.3) is 0 Å². The van der Waals surface area contributed by atoms with Crippen molar-refractivity contribution in [3.8, 4) is 5.75 Å². The molecule has 2 aromatic carbocycles. The maximum absolute atomic E-state index is 6.03. The second-order valence-electron chi connectivity index (χ2n) is 4.73. The van der Waals surface area contributed by atoms with Crippen LogP contribution in [0.15, 0.2) is 53.5 Å². The van der Waals surface area contributed by atoms with Crippen LogP contribution in [0.2, 0.25) is 10.0 Å². The predicted molar refractivity (Wildman–Crippen MR) is 101 cm³/mol. The fourth-order valence-electron chi connectivity index (χ4n) is 1.88. The third-order valence-electron chi connectivity index (χ3n) is 3.00. The molecule has 0 bridgehead atoms. The first kappa shape index (κ1) is 18.0. The molecule has 2 rings (SSSR count). The zero-order valence-electron chi connectivity index (χ0n) is 12.5. The number of amidine groups is 1. The van der Waals surface area contributed by atoms with Gasteiger partial charge in [-0.1, -0.05) is 65.3 Å². The number of aliphatic imine (C=N–C) groups is 1. The molecule has 0 atom stereocenters. The first-order valence-electron chi connectivity index (χ1n) is 7.19. The van der Waals surface area contributed by atoms with Gasteiger partial charge >= 0.3 is 0 Å². The van der Waals surface area contributed by atoms with Crippen LogP contribution >= 0.6 is 35.0 Å². The summed E-state index contributed by atoms with van der Waals surface area (Å²) >= 11 is 13.3. The Bertz CT molecular complexity index is 650.